The number of pyridine rings is 1. The van der Waals surface area contributed by atoms with Crippen molar-refractivity contribution in [1.29, 1.82) is 0 Å². The van der Waals surface area contributed by atoms with Gasteiger partial charge in [0.15, 0.2) is 5.09 Å². The molecule has 0 amide bonds. The van der Waals surface area contributed by atoms with Crippen LogP contribution in [-0.4, -0.2) is 16.1 Å². The van der Waals surface area contributed by atoms with Crippen molar-refractivity contribution in [2.24, 2.45) is 5.10 Å². The zero-order chi connectivity index (χ0) is 16.8. The third-order valence-electron chi connectivity index (χ3n) is 2.89. The zero-order valence-corrected chi connectivity index (χ0v) is 13.1. The van der Waals surface area contributed by atoms with E-state index in [0.29, 0.717) is 11.6 Å². The minimum atomic E-state index is -0.505. The second-order valence-electron chi connectivity index (χ2n) is 4.60. The van der Waals surface area contributed by atoms with Crippen molar-refractivity contribution >= 4 is 29.5 Å². The first kappa shape index (κ1) is 15.8. The number of aromatic nitrogens is 1. The summed E-state index contributed by atoms with van der Waals surface area (Å²) in [6.07, 6.45) is 2.68. The molecule has 7 nitrogen and oxygen atoms in total. The van der Waals surface area contributed by atoms with Gasteiger partial charge in [-0.05, 0) is 30.3 Å². The molecule has 120 valence electrons. The van der Waals surface area contributed by atoms with Gasteiger partial charge in [-0.2, -0.15) is 5.10 Å². The highest BCUT2D eigenvalue weighted by atomic mass is 32.2. The maximum Gasteiger partial charge on any atom is 0.287 e. The van der Waals surface area contributed by atoms with Crippen molar-refractivity contribution in [2.45, 2.75) is 9.99 Å². The van der Waals surface area contributed by atoms with E-state index in [1.807, 2.05) is 36.4 Å². The lowest BCUT2D eigenvalue weighted by Gasteiger charge is -1.97. The molecule has 0 unspecified atom stereocenters. The molecule has 0 radical (unpaired) electrons. The minimum absolute atomic E-state index is 0.0712. The van der Waals surface area contributed by atoms with Crippen LogP contribution in [0.5, 0.6) is 0 Å². The number of nitrogens with one attached hydrogen (secondary N) is 1. The fraction of sp³-hybridized carbons (Fsp3) is 0. The van der Waals surface area contributed by atoms with E-state index in [2.05, 4.69) is 15.5 Å². The molecule has 2 heterocycles. The highest BCUT2D eigenvalue weighted by molar-refractivity contribution is 7.99. The predicted molar refractivity (Wildman–Crippen MR) is 91.4 cm³/mol. The molecule has 0 aliphatic heterocycles. The van der Waals surface area contributed by atoms with Crippen LogP contribution in [0, 0.1) is 10.1 Å². The van der Waals surface area contributed by atoms with Gasteiger partial charge in [-0.15, -0.1) is 0 Å². The summed E-state index contributed by atoms with van der Waals surface area (Å²) < 4.78 is 5.64. The second-order valence-corrected chi connectivity index (χ2v) is 5.68. The average molecular weight is 340 g/mol. The largest absolute Gasteiger partial charge is 0.448 e. The van der Waals surface area contributed by atoms with Crippen LogP contribution in [-0.2, 0) is 0 Å². The summed E-state index contributed by atoms with van der Waals surface area (Å²) in [5, 5.41) is 15.3. The molecule has 24 heavy (non-hydrogen) atoms. The standard InChI is InChI=1S/C16H12N4O3S/c21-20(22)12-6-8-15(17-10-12)19-18-11-13-7-9-16(23-13)24-14-4-2-1-3-5-14/h1-11H,(H,17,19)/b18-11-. The molecule has 3 rings (SSSR count). The van der Waals surface area contributed by atoms with Crippen LogP contribution in [0.1, 0.15) is 5.76 Å². The molecule has 3 aromatic rings. The van der Waals surface area contributed by atoms with E-state index in [-0.39, 0.29) is 5.69 Å². The van der Waals surface area contributed by atoms with Crippen molar-refractivity contribution in [3.8, 4) is 0 Å². The Labute approximate surface area is 141 Å². The number of hydrazone groups is 1. The minimum Gasteiger partial charge on any atom is -0.448 e. The van der Waals surface area contributed by atoms with Gasteiger partial charge in [-0.1, -0.05) is 30.0 Å². The number of rotatable bonds is 6. The first-order valence-electron chi connectivity index (χ1n) is 6.93. The van der Waals surface area contributed by atoms with Crippen molar-refractivity contribution < 1.29 is 9.34 Å². The molecule has 8 heteroatoms. The van der Waals surface area contributed by atoms with E-state index in [1.54, 1.807) is 6.07 Å². The predicted octanol–water partition coefficient (Wildman–Crippen LogP) is 4.18. The SMILES string of the molecule is O=[N+]([O-])c1ccc(N/N=C\c2ccc(Sc3ccccc3)o2)nc1. The smallest absolute Gasteiger partial charge is 0.287 e. The first-order valence-corrected chi connectivity index (χ1v) is 7.74. The third kappa shape index (κ3) is 4.20. The lowest BCUT2D eigenvalue weighted by atomic mass is 10.4. The molecule has 0 bridgehead atoms. The Kier molecular flexibility index (Phi) is 4.87. The van der Waals surface area contributed by atoms with E-state index in [4.69, 9.17) is 4.42 Å². The third-order valence-corrected chi connectivity index (χ3v) is 3.82. The average Bonchev–Trinajstić information content (AvgIpc) is 3.03. The zero-order valence-electron chi connectivity index (χ0n) is 12.3. The monoisotopic (exact) mass is 340 g/mol. The molecule has 0 saturated carbocycles. The Morgan fingerprint density at radius 2 is 2.00 bits per heavy atom. The number of benzene rings is 1. The van der Waals surface area contributed by atoms with E-state index < -0.39 is 4.92 Å². The molecule has 2 aromatic heterocycles. The van der Waals surface area contributed by atoms with Crippen molar-refractivity contribution in [1.82, 2.24) is 4.98 Å². The molecule has 0 fully saturated rings. The number of furan rings is 1. The van der Waals surface area contributed by atoms with Gasteiger partial charge in [0.05, 0.1) is 11.1 Å². The van der Waals surface area contributed by atoms with E-state index in [0.717, 1.165) is 9.99 Å². The Bertz CT molecular complexity index is 847. The molecule has 0 atom stereocenters. The van der Waals surface area contributed by atoms with Gasteiger partial charge in [0.25, 0.3) is 5.69 Å². The highest BCUT2D eigenvalue weighted by Gasteiger charge is 2.05. The maximum atomic E-state index is 10.5. The normalized spacial score (nSPS) is 10.8. The van der Waals surface area contributed by atoms with Crippen LogP contribution in [0.3, 0.4) is 0 Å². The van der Waals surface area contributed by atoms with E-state index >= 15 is 0 Å². The van der Waals surface area contributed by atoms with Crippen LogP contribution in [0.25, 0.3) is 0 Å². The molecule has 0 aliphatic carbocycles. The summed E-state index contributed by atoms with van der Waals surface area (Å²) in [7, 11) is 0. The molecule has 1 N–H and O–H groups in total. The van der Waals surface area contributed by atoms with Gasteiger partial charge in [0.2, 0.25) is 0 Å². The first-order chi connectivity index (χ1) is 11.7. The molecular formula is C16H12N4O3S. The van der Waals surface area contributed by atoms with Gasteiger partial charge in [0, 0.05) is 11.0 Å². The topological polar surface area (TPSA) is 93.6 Å². The summed E-state index contributed by atoms with van der Waals surface area (Å²) in [5.41, 5.74) is 2.62. The molecule has 0 saturated heterocycles. The van der Waals surface area contributed by atoms with Gasteiger partial charge in [0.1, 0.15) is 17.8 Å². The Hall–Kier alpha value is -3.13. The fourth-order valence-corrected chi connectivity index (χ4v) is 2.59. The Morgan fingerprint density at radius 3 is 2.71 bits per heavy atom. The van der Waals surface area contributed by atoms with E-state index in [9.17, 15) is 10.1 Å². The highest BCUT2D eigenvalue weighted by Crippen LogP contribution is 2.28. The number of nitro groups is 1. The lowest BCUT2D eigenvalue weighted by molar-refractivity contribution is -0.385. The summed E-state index contributed by atoms with van der Waals surface area (Å²) in [4.78, 5) is 15.0. The van der Waals surface area contributed by atoms with Gasteiger partial charge < -0.3 is 4.42 Å². The van der Waals surface area contributed by atoms with Crippen LogP contribution in [0.15, 0.2) is 80.3 Å². The molecule has 1 aromatic carbocycles. The Balaban J connectivity index is 1.58. The summed E-state index contributed by atoms with van der Waals surface area (Å²) in [6, 6.07) is 16.4. The fourth-order valence-electron chi connectivity index (χ4n) is 1.79. The van der Waals surface area contributed by atoms with Gasteiger partial charge in [-0.3, -0.25) is 15.5 Å². The molecular weight excluding hydrogens is 328 g/mol. The quantitative estimate of drug-likeness (QED) is 0.411. The molecule has 0 aliphatic rings. The van der Waals surface area contributed by atoms with Crippen LogP contribution in [0.4, 0.5) is 11.5 Å². The number of hydrogen-bond donors (Lipinski definition) is 1. The van der Waals surface area contributed by atoms with Crippen molar-refractivity contribution in [3.63, 3.8) is 0 Å². The number of anilines is 1. The van der Waals surface area contributed by atoms with E-state index in [1.165, 1.54) is 36.3 Å². The van der Waals surface area contributed by atoms with Crippen LogP contribution in [0.2, 0.25) is 0 Å². The summed E-state index contributed by atoms with van der Waals surface area (Å²) in [5.74, 6) is 0.991. The number of nitrogens with zero attached hydrogens (tertiary/aromatic N) is 3. The number of hydrogen-bond acceptors (Lipinski definition) is 7. The Morgan fingerprint density at radius 1 is 1.17 bits per heavy atom. The van der Waals surface area contributed by atoms with Gasteiger partial charge in [-0.25, -0.2) is 4.98 Å². The summed E-state index contributed by atoms with van der Waals surface area (Å²) >= 11 is 1.52. The van der Waals surface area contributed by atoms with Crippen LogP contribution >= 0.6 is 11.8 Å². The second kappa shape index (κ2) is 7.42. The van der Waals surface area contributed by atoms with Crippen LogP contribution < -0.4 is 5.43 Å². The van der Waals surface area contributed by atoms with Crippen molar-refractivity contribution in [3.05, 3.63) is 76.7 Å². The van der Waals surface area contributed by atoms with Crippen molar-refractivity contribution in [2.75, 3.05) is 5.43 Å². The molecule has 0 spiro atoms. The maximum absolute atomic E-state index is 10.5. The summed E-state index contributed by atoms with van der Waals surface area (Å²) in [6.45, 7) is 0. The van der Waals surface area contributed by atoms with Gasteiger partial charge >= 0.3 is 0 Å². The lowest BCUT2D eigenvalue weighted by Crippen LogP contribution is -1.94.